The third kappa shape index (κ3) is 3.63. The highest BCUT2D eigenvalue weighted by molar-refractivity contribution is 9.10. The van der Waals surface area contributed by atoms with Crippen LogP contribution in [-0.4, -0.2) is 25.8 Å². The van der Waals surface area contributed by atoms with E-state index < -0.39 is 10.0 Å². The molecule has 1 fully saturated rings. The predicted octanol–water partition coefficient (Wildman–Crippen LogP) is 4.24. The minimum absolute atomic E-state index is 0.129. The maximum atomic E-state index is 12.8. The van der Waals surface area contributed by atoms with E-state index in [1.165, 1.54) is 0 Å². The van der Waals surface area contributed by atoms with Gasteiger partial charge in [-0.15, -0.1) is 11.6 Å². The fourth-order valence-electron chi connectivity index (χ4n) is 2.63. The molecule has 0 spiro atoms. The van der Waals surface area contributed by atoms with Gasteiger partial charge in [0.15, 0.2) is 0 Å². The van der Waals surface area contributed by atoms with Crippen LogP contribution in [0.25, 0.3) is 0 Å². The Morgan fingerprint density at radius 1 is 1.38 bits per heavy atom. The number of sulfonamides is 1. The molecule has 1 unspecified atom stereocenters. The summed E-state index contributed by atoms with van der Waals surface area (Å²) in [6, 6.07) is 5.18. The summed E-state index contributed by atoms with van der Waals surface area (Å²) in [7, 11) is -3.44. The first kappa shape index (κ1) is 17.3. The minimum atomic E-state index is -3.44. The van der Waals surface area contributed by atoms with Crippen molar-refractivity contribution in [1.82, 2.24) is 4.31 Å². The number of nitrogens with zero attached hydrogens (tertiary/aromatic N) is 1. The number of halogens is 2. The van der Waals surface area contributed by atoms with Crippen LogP contribution in [0.4, 0.5) is 0 Å². The van der Waals surface area contributed by atoms with Gasteiger partial charge in [-0.3, -0.25) is 0 Å². The molecule has 0 aromatic heterocycles. The van der Waals surface area contributed by atoms with Gasteiger partial charge in [-0.1, -0.05) is 26.8 Å². The van der Waals surface area contributed by atoms with E-state index in [2.05, 4.69) is 36.7 Å². The molecule has 1 aliphatic heterocycles. The standard InChI is InChI=1S/C15H21BrClNO2S/c1-15(2,3)12-6-7-18(10-12)21(19,20)14-5-4-11(9-17)8-13(14)16/h4-5,8,12H,6-7,9-10H2,1-3H3. The van der Waals surface area contributed by atoms with E-state index in [-0.39, 0.29) is 5.41 Å². The van der Waals surface area contributed by atoms with Gasteiger partial charge in [0, 0.05) is 23.4 Å². The van der Waals surface area contributed by atoms with E-state index in [0.717, 1.165) is 12.0 Å². The molecule has 2 rings (SSSR count). The summed E-state index contributed by atoms with van der Waals surface area (Å²) in [5.41, 5.74) is 1.03. The first-order chi connectivity index (χ1) is 9.66. The van der Waals surface area contributed by atoms with E-state index >= 15 is 0 Å². The first-order valence-corrected chi connectivity index (χ1v) is 9.77. The smallest absolute Gasteiger partial charge is 0.207 e. The Kier molecular flexibility index (Phi) is 5.08. The van der Waals surface area contributed by atoms with Gasteiger partial charge in [-0.2, -0.15) is 4.31 Å². The lowest BCUT2D eigenvalue weighted by Gasteiger charge is -2.27. The molecule has 1 heterocycles. The lowest BCUT2D eigenvalue weighted by molar-refractivity contribution is 0.252. The summed E-state index contributed by atoms with van der Waals surface area (Å²) >= 11 is 9.14. The average Bonchev–Trinajstić information content (AvgIpc) is 2.88. The van der Waals surface area contributed by atoms with Crippen molar-refractivity contribution in [2.75, 3.05) is 13.1 Å². The van der Waals surface area contributed by atoms with Crippen LogP contribution in [0.5, 0.6) is 0 Å². The molecule has 0 saturated carbocycles. The molecule has 0 bridgehead atoms. The van der Waals surface area contributed by atoms with Crippen molar-refractivity contribution in [3.05, 3.63) is 28.2 Å². The molecule has 118 valence electrons. The fourth-order valence-corrected chi connectivity index (χ4v) is 5.38. The zero-order chi connectivity index (χ0) is 15.8. The van der Waals surface area contributed by atoms with Gasteiger partial charge in [0.05, 0.1) is 4.90 Å². The van der Waals surface area contributed by atoms with Gasteiger partial charge < -0.3 is 0 Å². The number of hydrogen-bond acceptors (Lipinski definition) is 2. The van der Waals surface area contributed by atoms with Crippen molar-refractivity contribution < 1.29 is 8.42 Å². The second-order valence-electron chi connectivity index (χ2n) is 6.61. The molecule has 1 atom stereocenters. The summed E-state index contributed by atoms with van der Waals surface area (Å²) in [6.07, 6.45) is 0.917. The number of benzene rings is 1. The van der Waals surface area contributed by atoms with Gasteiger partial charge in [0.2, 0.25) is 10.0 Å². The summed E-state index contributed by atoms with van der Waals surface area (Å²) < 4.78 is 27.8. The van der Waals surface area contributed by atoms with Gasteiger partial charge in [0.1, 0.15) is 0 Å². The van der Waals surface area contributed by atoms with E-state index in [0.29, 0.717) is 34.3 Å². The highest BCUT2D eigenvalue weighted by Crippen LogP contribution is 2.37. The molecule has 1 aromatic carbocycles. The highest BCUT2D eigenvalue weighted by atomic mass is 79.9. The van der Waals surface area contributed by atoms with E-state index in [9.17, 15) is 8.42 Å². The maximum absolute atomic E-state index is 12.8. The average molecular weight is 395 g/mol. The molecular weight excluding hydrogens is 374 g/mol. The molecule has 6 heteroatoms. The van der Waals surface area contributed by atoms with Crippen LogP contribution in [-0.2, 0) is 15.9 Å². The number of rotatable bonds is 3. The Bertz CT molecular complexity index is 625. The van der Waals surface area contributed by atoms with Crippen molar-refractivity contribution in [2.45, 2.75) is 38.0 Å². The van der Waals surface area contributed by atoms with Crippen LogP contribution < -0.4 is 0 Å². The summed E-state index contributed by atoms with van der Waals surface area (Å²) in [5, 5.41) is 0. The normalized spacial score (nSPS) is 20.9. The summed E-state index contributed by atoms with van der Waals surface area (Å²) in [5.74, 6) is 0.766. The van der Waals surface area contributed by atoms with Crippen molar-refractivity contribution in [1.29, 1.82) is 0 Å². The van der Waals surface area contributed by atoms with Crippen molar-refractivity contribution in [3.63, 3.8) is 0 Å². The fraction of sp³-hybridized carbons (Fsp3) is 0.600. The lowest BCUT2D eigenvalue weighted by Crippen LogP contribution is -2.31. The lowest BCUT2D eigenvalue weighted by atomic mass is 9.80. The summed E-state index contributed by atoms with van der Waals surface area (Å²) in [4.78, 5) is 0.325. The van der Waals surface area contributed by atoms with E-state index in [4.69, 9.17) is 11.6 Å². The van der Waals surface area contributed by atoms with Crippen LogP contribution in [0, 0.1) is 11.3 Å². The molecule has 1 aromatic rings. The molecule has 21 heavy (non-hydrogen) atoms. The molecule has 0 aliphatic carbocycles. The Morgan fingerprint density at radius 2 is 2.05 bits per heavy atom. The molecule has 0 amide bonds. The third-order valence-electron chi connectivity index (χ3n) is 4.14. The maximum Gasteiger partial charge on any atom is 0.244 e. The number of alkyl halides is 1. The molecule has 0 N–H and O–H groups in total. The van der Waals surface area contributed by atoms with Gasteiger partial charge in [0.25, 0.3) is 0 Å². The first-order valence-electron chi connectivity index (χ1n) is 7.01. The van der Waals surface area contributed by atoms with Crippen LogP contribution in [0.15, 0.2) is 27.6 Å². The topological polar surface area (TPSA) is 37.4 Å². The SMILES string of the molecule is CC(C)(C)C1CCN(S(=O)(=O)c2ccc(CCl)cc2Br)C1. The second kappa shape index (κ2) is 6.19. The third-order valence-corrected chi connectivity index (χ3v) is 7.29. The van der Waals surface area contributed by atoms with Gasteiger partial charge in [-0.25, -0.2) is 8.42 Å². The highest BCUT2D eigenvalue weighted by Gasteiger charge is 2.38. The van der Waals surface area contributed by atoms with Crippen LogP contribution >= 0.6 is 27.5 Å². The zero-order valence-electron chi connectivity index (χ0n) is 12.6. The van der Waals surface area contributed by atoms with Gasteiger partial charge >= 0.3 is 0 Å². The quantitative estimate of drug-likeness (QED) is 0.719. The van der Waals surface area contributed by atoms with Crippen LogP contribution in [0.1, 0.15) is 32.8 Å². The molecule has 1 aliphatic rings. The Labute approximate surface area is 140 Å². The predicted molar refractivity (Wildman–Crippen MR) is 90.0 cm³/mol. The van der Waals surface area contributed by atoms with Crippen molar-refractivity contribution in [2.24, 2.45) is 11.3 Å². The molecular formula is C15H21BrClNO2S. The molecule has 3 nitrogen and oxygen atoms in total. The molecule has 0 radical (unpaired) electrons. The Morgan fingerprint density at radius 3 is 2.52 bits per heavy atom. The van der Waals surface area contributed by atoms with E-state index in [1.54, 1.807) is 22.5 Å². The van der Waals surface area contributed by atoms with E-state index in [1.807, 2.05) is 0 Å². The minimum Gasteiger partial charge on any atom is -0.207 e. The van der Waals surface area contributed by atoms with Crippen LogP contribution in [0.3, 0.4) is 0 Å². The Hall–Kier alpha value is -0.100. The van der Waals surface area contributed by atoms with Crippen molar-refractivity contribution in [3.8, 4) is 0 Å². The summed E-state index contributed by atoms with van der Waals surface area (Å²) in [6.45, 7) is 7.68. The zero-order valence-corrected chi connectivity index (χ0v) is 15.7. The van der Waals surface area contributed by atoms with Crippen molar-refractivity contribution >= 4 is 37.6 Å². The largest absolute Gasteiger partial charge is 0.244 e. The Balaban J connectivity index is 2.28. The number of hydrogen-bond donors (Lipinski definition) is 0. The second-order valence-corrected chi connectivity index (χ2v) is 9.64. The molecule has 1 saturated heterocycles. The van der Waals surface area contributed by atoms with Gasteiger partial charge in [-0.05, 0) is 51.4 Å². The van der Waals surface area contributed by atoms with Crippen LogP contribution in [0.2, 0.25) is 0 Å². The monoisotopic (exact) mass is 393 g/mol.